The van der Waals surface area contributed by atoms with Gasteiger partial charge in [-0.1, -0.05) is 60.7 Å². The van der Waals surface area contributed by atoms with Crippen molar-refractivity contribution >= 4 is 17.5 Å². The summed E-state index contributed by atoms with van der Waals surface area (Å²) in [5, 5.41) is 9.64. The van der Waals surface area contributed by atoms with Crippen LogP contribution in [-0.4, -0.2) is 26.2 Å². The number of hydrogen-bond acceptors (Lipinski definition) is 5. The minimum absolute atomic E-state index is 0.446. The maximum Gasteiger partial charge on any atom is 0.325 e. The number of methoxy groups -OCH3 is 2. The molecule has 0 N–H and O–H groups in total. The van der Waals surface area contributed by atoms with E-state index in [1.807, 2.05) is 54.6 Å². The molecule has 5 nitrogen and oxygen atoms in total. The van der Waals surface area contributed by atoms with Crippen LogP contribution in [0, 0.1) is 16.7 Å². The number of rotatable bonds is 3. The highest BCUT2D eigenvalue weighted by Gasteiger charge is 2.87. The van der Waals surface area contributed by atoms with Gasteiger partial charge in [0.25, 0.3) is 0 Å². The Labute approximate surface area is 156 Å². The molecule has 134 valence electrons. The van der Waals surface area contributed by atoms with Crippen molar-refractivity contribution in [2.24, 2.45) is 5.41 Å². The second-order valence-corrected chi connectivity index (χ2v) is 6.72. The average Bonchev–Trinajstić information content (AvgIpc) is 3.21. The summed E-state index contributed by atoms with van der Waals surface area (Å²) >= 11 is 0. The van der Waals surface area contributed by atoms with Gasteiger partial charge in [-0.25, -0.2) is 0 Å². The van der Waals surface area contributed by atoms with Gasteiger partial charge in [-0.15, -0.1) is 0 Å². The van der Waals surface area contributed by atoms with Crippen LogP contribution >= 0.6 is 0 Å². The van der Waals surface area contributed by atoms with E-state index in [0.717, 1.165) is 16.7 Å². The fourth-order valence-corrected chi connectivity index (χ4v) is 4.75. The molecule has 0 radical (unpaired) electrons. The summed E-state index contributed by atoms with van der Waals surface area (Å²) in [6, 6.07) is 18.9. The number of nitrogens with zero attached hydrogens (tertiary/aromatic N) is 1. The minimum atomic E-state index is -1.56. The number of allylic oxidation sites excluding steroid dienone is 2. The third-order valence-electron chi connectivity index (χ3n) is 5.76. The molecule has 1 spiro atoms. The maximum atomic E-state index is 13.0. The molecular weight excluding hydrogens is 342 g/mol. The molecule has 2 aliphatic rings. The van der Waals surface area contributed by atoms with Crippen LogP contribution in [0.1, 0.15) is 22.6 Å². The van der Waals surface area contributed by atoms with Gasteiger partial charge < -0.3 is 9.47 Å². The predicted molar refractivity (Wildman–Crippen MR) is 97.4 cm³/mol. The Balaban J connectivity index is 2.07. The van der Waals surface area contributed by atoms with Gasteiger partial charge in [0, 0.05) is 5.92 Å². The summed E-state index contributed by atoms with van der Waals surface area (Å²) in [5.74, 6) is -1.83. The summed E-state index contributed by atoms with van der Waals surface area (Å²) in [6.07, 6.45) is 1.74. The van der Waals surface area contributed by atoms with Crippen LogP contribution in [-0.2, 0) is 24.5 Å². The third-order valence-corrected chi connectivity index (χ3v) is 5.76. The molecule has 0 amide bonds. The molecule has 0 bridgehead atoms. The lowest BCUT2D eigenvalue weighted by Crippen LogP contribution is -2.35. The number of carbonyl (C=O) groups excluding carboxylic acids is 2. The molecule has 0 aromatic heterocycles. The Morgan fingerprint density at radius 3 is 2.15 bits per heavy atom. The van der Waals surface area contributed by atoms with Crippen LogP contribution in [0.3, 0.4) is 0 Å². The van der Waals surface area contributed by atoms with Gasteiger partial charge in [0.2, 0.25) is 0 Å². The topological polar surface area (TPSA) is 76.4 Å². The Morgan fingerprint density at radius 1 is 0.963 bits per heavy atom. The third kappa shape index (κ3) is 1.87. The van der Waals surface area contributed by atoms with E-state index in [4.69, 9.17) is 9.47 Å². The van der Waals surface area contributed by atoms with Gasteiger partial charge in [0.1, 0.15) is 0 Å². The number of nitriles is 1. The molecule has 0 heterocycles. The van der Waals surface area contributed by atoms with Crippen molar-refractivity contribution < 1.29 is 19.1 Å². The van der Waals surface area contributed by atoms with E-state index in [2.05, 4.69) is 6.07 Å². The number of hydrogen-bond donors (Lipinski definition) is 0. The van der Waals surface area contributed by atoms with Gasteiger partial charge in [0.15, 0.2) is 5.41 Å². The van der Waals surface area contributed by atoms with Crippen molar-refractivity contribution in [3.8, 4) is 6.07 Å². The standard InChI is InChI=1S/C22H17NO4/c1-26-19(24)22(20(25)27-2)18(14-8-4-3-5-9-14)21(22)12-15(13-23)16-10-6-7-11-17(16)21/h3-12,18H,1-2H3/t18-,21+/m0/s1. The first-order chi connectivity index (χ1) is 13.1. The zero-order valence-corrected chi connectivity index (χ0v) is 14.9. The molecule has 1 fully saturated rings. The molecule has 1 saturated carbocycles. The van der Waals surface area contributed by atoms with E-state index in [0.29, 0.717) is 5.57 Å². The zero-order valence-electron chi connectivity index (χ0n) is 14.9. The summed E-state index contributed by atoms with van der Waals surface area (Å²) in [4.78, 5) is 26.0. The highest BCUT2D eigenvalue weighted by atomic mass is 16.5. The number of carbonyl (C=O) groups is 2. The van der Waals surface area contributed by atoms with Gasteiger partial charge in [-0.3, -0.25) is 9.59 Å². The van der Waals surface area contributed by atoms with Crippen molar-refractivity contribution in [2.75, 3.05) is 14.2 Å². The molecule has 2 aliphatic carbocycles. The highest BCUT2D eigenvalue weighted by Crippen LogP contribution is 2.79. The fourth-order valence-electron chi connectivity index (χ4n) is 4.75. The second-order valence-electron chi connectivity index (χ2n) is 6.72. The molecule has 0 saturated heterocycles. The Morgan fingerprint density at radius 2 is 1.56 bits per heavy atom. The molecule has 0 unspecified atom stereocenters. The largest absolute Gasteiger partial charge is 0.468 e. The van der Waals surface area contributed by atoms with Crippen molar-refractivity contribution in [1.82, 2.24) is 0 Å². The molecule has 2 aromatic carbocycles. The summed E-state index contributed by atoms with van der Waals surface area (Å²) in [5.41, 5.74) is 0.199. The monoisotopic (exact) mass is 359 g/mol. The van der Waals surface area contributed by atoms with Crippen molar-refractivity contribution in [2.45, 2.75) is 11.3 Å². The van der Waals surface area contributed by atoms with Crippen LogP contribution in [0.15, 0.2) is 60.7 Å². The lowest BCUT2D eigenvalue weighted by atomic mass is 9.87. The van der Waals surface area contributed by atoms with Crippen molar-refractivity contribution in [3.05, 3.63) is 77.4 Å². The molecule has 0 aliphatic heterocycles. The van der Waals surface area contributed by atoms with E-state index in [9.17, 15) is 14.9 Å². The van der Waals surface area contributed by atoms with Gasteiger partial charge in [-0.2, -0.15) is 5.26 Å². The highest BCUT2D eigenvalue weighted by molar-refractivity contribution is 6.12. The van der Waals surface area contributed by atoms with Crippen LogP contribution < -0.4 is 0 Å². The first-order valence-corrected chi connectivity index (χ1v) is 8.54. The first kappa shape index (κ1) is 17.0. The fraction of sp³-hybridized carbons (Fsp3) is 0.227. The normalized spacial score (nSPS) is 23.7. The van der Waals surface area contributed by atoms with Crippen LogP contribution in [0.2, 0.25) is 0 Å². The molecule has 27 heavy (non-hydrogen) atoms. The van der Waals surface area contributed by atoms with E-state index >= 15 is 0 Å². The molecule has 4 rings (SSSR count). The smallest absolute Gasteiger partial charge is 0.325 e. The minimum Gasteiger partial charge on any atom is -0.468 e. The van der Waals surface area contributed by atoms with E-state index in [-0.39, 0.29) is 0 Å². The van der Waals surface area contributed by atoms with Gasteiger partial charge >= 0.3 is 11.9 Å². The Kier molecular flexibility index (Phi) is 3.67. The summed E-state index contributed by atoms with van der Waals surface area (Å²) < 4.78 is 10.1. The van der Waals surface area contributed by atoms with Crippen LogP contribution in [0.4, 0.5) is 0 Å². The van der Waals surface area contributed by atoms with E-state index in [1.165, 1.54) is 14.2 Å². The molecular formula is C22H17NO4. The number of fused-ring (bicyclic) bond motifs is 2. The van der Waals surface area contributed by atoms with E-state index in [1.54, 1.807) is 6.08 Å². The Bertz CT molecular complexity index is 1000. The predicted octanol–water partition coefficient (Wildman–Crippen LogP) is 2.97. The van der Waals surface area contributed by atoms with Gasteiger partial charge in [0.05, 0.1) is 31.3 Å². The average molecular weight is 359 g/mol. The van der Waals surface area contributed by atoms with Crippen molar-refractivity contribution in [3.63, 3.8) is 0 Å². The summed E-state index contributed by atoms with van der Waals surface area (Å²) in [6.45, 7) is 0. The maximum absolute atomic E-state index is 13.0. The number of benzene rings is 2. The lowest BCUT2D eigenvalue weighted by Gasteiger charge is -2.17. The van der Waals surface area contributed by atoms with Gasteiger partial charge in [-0.05, 0) is 16.7 Å². The molecule has 2 atom stereocenters. The Hall–Kier alpha value is -3.39. The summed E-state index contributed by atoms with van der Waals surface area (Å²) in [7, 11) is 2.52. The van der Waals surface area contributed by atoms with E-state index < -0.39 is 28.7 Å². The first-order valence-electron chi connectivity index (χ1n) is 8.54. The van der Waals surface area contributed by atoms with Crippen molar-refractivity contribution in [1.29, 1.82) is 5.26 Å². The lowest BCUT2D eigenvalue weighted by molar-refractivity contribution is -0.162. The van der Waals surface area contributed by atoms with Crippen LogP contribution in [0.25, 0.3) is 5.57 Å². The molecule has 2 aromatic rings. The zero-order chi connectivity index (χ0) is 19.2. The second kappa shape index (κ2) is 5.82. The SMILES string of the molecule is COC(=O)C1(C(=O)OC)[C@@H](c2ccccc2)[C@]12C=C(C#N)c1ccccc12. The van der Waals surface area contributed by atoms with Crippen LogP contribution in [0.5, 0.6) is 0 Å². The number of esters is 2. The number of ether oxygens (including phenoxy) is 2. The quantitative estimate of drug-likeness (QED) is 0.622. The molecule has 5 heteroatoms.